The average Bonchev–Trinajstić information content (AvgIpc) is 2.48. The Balaban J connectivity index is 1.67. The van der Waals surface area contributed by atoms with E-state index in [1.54, 1.807) is 12.4 Å². The Labute approximate surface area is 113 Å². The molecule has 0 N–H and O–H groups in total. The zero-order chi connectivity index (χ0) is 13.1. The van der Waals surface area contributed by atoms with Crippen LogP contribution in [0.5, 0.6) is 0 Å². The Morgan fingerprint density at radius 1 is 1.05 bits per heavy atom. The van der Waals surface area contributed by atoms with Crippen LogP contribution in [0.15, 0.2) is 36.7 Å². The van der Waals surface area contributed by atoms with E-state index in [9.17, 15) is 0 Å². The summed E-state index contributed by atoms with van der Waals surface area (Å²) in [5.74, 6) is 1.41. The van der Waals surface area contributed by atoms with Gasteiger partial charge in [-0.15, -0.1) is 0 Å². The normalized spacial score (nSPS) is 16.6. The van der Waals surface area contributed by atoms with Crippen LogP contribution in [-0.2, 0) is 0 Å². The molecule has 4 nitrogen and oxygen atoms in total. The lowest BCUT2D eigenvalue weighted by Crippen LogP contribution is -2.34. The third kappa shape index (κ3) is 2.72. The van der Waals surface area contributed by atoms with E-state index in [0.29, 0.717) is 5.92 Å². The van der Waals surface area contributed by atoms with Crippen LogP contribution in [0.1, 0.15) is 30.1 Å². The van der Waals surface area contributed by atoms with Crippen molar-refractivity contribution in [3.8, 4) is 0 Å². The maximum atomic E-state index is 4.64. The van der Waals surface area contributed by atoms with Gasteiger partial charge in [0.15, 0.2) is 0 Å². The van der Waals surface area contributed by atoms with Crippen molar-refractivity contribution in [3.05, 3.63) is 48.0 Å². The fourth-order valence-corrected chi connectivity index (χ4v) is 2.62. The molecule has 2 aromatic heterocycles. The maximum absolute atomic E-state index is 4.64. The summed E-state index contributed by atoms with van der Waals surface area (Å²) in [7, 11) is 0. The molecular formula is C15H18N4. The van der Waals surface area contributed by atoms with Crippen molar-refractivity contribution in [3.63, 3.8) is 0 Å². The number of aromatic nitrogens is 3. The van der Waals surface area contributed by atoms with Gasteiger partial charge in [0.25, 0.3) is 0 Å². The number of hydrogen-bond acceptors (Lipinski definition) is 4. The highest BCUT2D eigenvalue weighted by Gasteiger charge is 2.22. The third-order valence-corrected chi connectivity index (χ3v) is 3.66. The van der Waals surface area contributed by atoms with Crippen LogP contribution in [0.4, 0.5) is 5.95 Å². The molecule has 0 saturated carbocycles. The first-order chi connectivity index (χ1) is 9.33. The van der Waals surface area contributed by atoms with Gasteiger partial charge in [-0.25, -0.2) is 9.97 Å². The van der Waals surface area contributed by atoms with E-state index < -0.39 is 0 Å². The van der Waals surface area contributed by atoms with E-state index in [1.165, 1.54) is 5.69 Å². The highest BCUT2D eigenvalue weighted by molar-refractivity contribution is 5.30. The molecule has 0 radical (unpaired) electrons. The van der Waals surface area contributed by atoms with Gasteiger partial charge < -0.3 is 4.90 Å². The minimum absolute atomic E-state index is 0.569. The number of pyridine rings is 1. The Hall–Kier alpha value is -1.97. The van der Waals surface area contributed by atoms with Gasteiger partial charge in [0.05, 0.1) is 0 Å². The largest absolute Gasteiger partial charge is 0.341 e. The van der Waals surface area contributed by atoms with E-state index >= 15 is 0 Å². The molecule has 0 unspecified atom stereocenters. The van der Waals surface area contributed by atoms with Gasteiger partial charge in [0.1, 0.15) is 0 Å². The smallest absolute Gasteiger partial charge is 0.225 e. The first kappa shape index (κ1) is 12.1. The van der Waals surface area contributed by atoms with Gasteiger partial charge >= 0.3 is 0 Å². The van der Waals surface area contributed by atoms with Gasteiger partial charge in [0.2, 0.25) is 5.95 Å². The van der Waals surface area contributed by atoms with Crippen molar-refractivity contribution < 1.29 is 0 Å². The molecule has 98 valence electrons. The number of piperidine rings is 1. The van der Waals surface area contributed by atoms with E-state index in [4.69, 9.17) is 0 Å². The molecule has 2 aromatic rings. The standard InChI is InChI=1S/C15H18N4/c1-12-4-2-5-14(18-12)13-6-10-19(11-7-13)15-16-8-3-9-17-15/h2-5,8-9,13H,6-7,10-11H2,1H3. The van der Waals surface area contributed by atoms with E-state index in [1.807, 2.05) is 6.07 Å². The molecule has 0 aliphatic carbocycles. The second-order valence-corrected chi connectivity index (χ2v) is 5.01. The van der Waals surface area contributed by atoms with Gasteiger partial charge in [0, 0.05) is 42.8 Å². The van der Waals surface area contributed by atoms with Crippen LogP contribution >= 0.6 is 0 Å². The van der Waals surface area contributed by atoms with Crippen molar-refractivity contribution in [2.24, 2.45) is 0 Å². The fraction of sp³-hybridized carbons (Fsp3) is 0.400. The lowest BCUT2D eigenvalue weighted by Gasteiger charge is -2.31. The minimum Gasteiger partial charge on any atom is -0.341 e. The maximum Gasteiger partial charge on any atom is 0.225 e. The van der Waals surface area contributed by atoms with Gasteiger partial charge in [-0.3, -0.25) is 4.98 Å². The zero-order valence-corrected chi connectivity index (χ0v) is 11.2. The summed E-state index contributed by atoms with van der Waals surface area (Å²) < 4.78 is 0. The molecule has 1 aliphatic rings. The molecule has 4 heteroatoms. The second-order valence-electron chi connectivity index (χ2n) is 5.01. The molecule has 0 bridgehead atoms. The summed E-state index contributed by atoms with van der Waals surface area (Å²) in [6.45, 7) is 4.06. The van der Waals surface area contributed by atoms with Crippen LogP contribution in [0.2, 0.25) is 0 Å². The minimum atomic E-state index is 0.569. The van der Waals surface area contributed by atoms with Crippen molar-refractivity contribution >= 4 is 5.95 Å². The van der Waals surface area contributed by atoms with Crippen LogP contribution in [0.3, 0.4) is 0 Å². The lowest BCUT2D eigenvalue weighted by atomic mass is 9.93. The number of hydrogen-bond donors (Lipinski definition) is 0. The van der Waals surface area contributed by atoms with Crippen LogP contribution < -0.4 is 4.90 Å². The predicted molar refractivity (Wildman–Crippen MR) is 75.2 cm³/mol. The summed E-state index contributed by atoms with van der Waals surface area (Å²) in [5.41, 5.74) is 2.33. The molecule has 1 fully saturated rings. The third-order valence-electron chi connectivity index (χ3n) is 3.66. The van der Waals surface area contributed by atoms with Gasteiger partial charge in [-0.2, -0.15) is 0 Å². The Morgan fingerprint density at radius 2 is 1.79 bits per heavy atom. The molecule has 1 aliphatic heterocycles. The predicted octanol–water partition coefficient (Wildman–Crippen LogP) is 2.56. The topological polar surface area (TPSA) is 41.9 Å². The number of nitrogens with zero attached hydrogens (tertiary/aromatic N) is 4. The SMILES string of the molecule is Cc1cccc(C2CCN(c3ncccn3)CC2)n1. The van der Waals surface area contributed by atoms with Crippen molar-refractivity contribution in [2.75, 3.05) is 18.0 Å². The molecule has 0 atom stereocenters. The molecule has 0 aromatic carbocycles. The molecule has 19 heavy (non-hydrogen) atoms. The Kier molecular flexibility index (Phi) is 3.40. The van der Waals surface area contributed by atoms with Crippen LogP contribution in [0.25, 0.3) is 0 Å². The van der Waals surface area contributed by atoms with Crippen molar-refractivity contribution in [2.45, 2.75) is 25.7 Å². The first-order valence-electron chi connectivity index (χ1n) is 6.78. The lowest BCUT2D eigenvalue weighted by molar-refractivity contribution is 0.490. The van der Waals surface area contributed by atoms with E-state index in [0.717, 1.165) is 37.6 Å². The summed E-state index contributed by atoms with van der Waals surface area (Å²) in [4.78, 5) is 15.5. The highest BCUT2D eigenvalue weighted by Crippen LogP contribution is 2.27. The van der Waals surface area contributed by atoms with E-state index in [-0.39, 0.29) is 0 Å². The highest BCUT2D eigenvalue weighted by atomic mass is 15.2. The Bertz CT molecular complexity index is 533. The monoisotopic (exact) mass is 254 g/mol. The summed E-state index contributed by atoms with van der Waals surface area (Å²) in [6, 6.07) is 8.15. The number of aryl methyl sites for hydroxylation is 1. The molecule has 3 rings (SSSR count). The zero-order valence-electron chi connectivity index (χ0n) is 11.2. The van der Waals surface area contributed by atoms with Crippen molar-refractivity contribution in [1.29, 1.82) is 0 Å². The molecule has 0 spiro atoms. The van der Waals surface area contributed by atoms with Crippen molar-refractivity contribution in [1.82, 2.24) is 15.0 Å². The summed E-state index contributed by atoms with van der Waals surface area (Å²) >= 11 is 0. The fourth-order valence-electron chi connectivity index (χ4n) is 2.62. The molecule has 0 amide bonds. The van der Waals surface area contributed by atoms with Gasteiger partial charge in [-0.1, -0.05) is 6.07 Å². The first-order valence-corrected chi connectivity index (χ1v) is 6.78. The van der Waals surface area contributed by atoms with E-state index in [2.05, 4.69) is 45.0 Å². The quantitative estimate of drug-likeness (QED) is 0.826. The van der Waals surface area contributed by atoms with Crippen LogP contribution in [-0.4, -0.2) is 28.0 Å². The summed E-state index contributed by atoms with van der Waals surface area (Å²) in [6.07, 6.45) is 5.84. The summed E-state index contributed by atoms with van der Waals surface area (Å²) in [5, 5.41) is 0. The second kappa shape index (κ2) is 5.34. The molecule has 1 saturated heterocycles. The number of rotatable bonds is 2. The van der Waals surface area contributed by atoms with Crippen LogP contribution in [0, 0.1) is 6.92 Å². The number of anilines is 1. The Morgan fingerprint density at radius 3 is 2.47 bits per heavy atom. The van der Waals surface area contributed by atoms with Gasteiger partial charge in [-0.05, 0) is 38.0 Å². The molecular weight excluding hydrogens is 236 g/mol. The molecule has 3 heterocycles. The average molecular weight is 254 g/mol.